The average molecular weight is 499 g/mol. The summed E-state index contributed by atoms with van der Waals surface area (Å²) in [5.74, 6) is -3.72. The van der Waals surface area contributed by atoms with Crippen LogP contribution in [0.4, 0.5) is 0 Å². The third kappa shape index (κ3) is 4.18. The molecule has 3 heterocycles. The summed E-state index contributed by atoms with van der Waals surface area (Å²) >= 11 is 5.80. The normalized spacial score (nSPS) is 14.3. The molecule has 0 aliphatic carbocycles. The van der Waals surface area contributed by atoms with E-state index in [1.54, 1.807) is 0 Å². The number of imide groups is 1. The Labute approximate surface area is 187 Å². The van der Waals surface area contributed by atoms with Gasteiger partial charge in [0, 0.05) is 18.2 Å². The first-order chi connectivity index (χ1) is 15.5. The predicted molar refractivity (Wildman–Crippen MR) is 105 cm³/mol. The second-order valence-electron chi connectivity index (χ2n) is 6.73. The van der Waals surface area contributed by atoms with Crippen molar-refractivity contribution in [1.29, 1.82) is 0 Å². The first-order valence-electron chi connectivity index (χ1n) is 8.94. The molecule has 0 atom stereocenters. The highest BCUT2D eigenvalue weighted by Gasteiger charge is 2.33. The molecule has 1 saturated heterocycles. The number of aromatic nitrogens is 1. The van der Waals surface area contributed by atoms with Crippen LogP contribution in [0.2, 0.25) is 5.02 Å². The second kappa shape index (κ2) is 7.99. The van der Waals surface area contributed by atoms with Crippen molar-refractivity contribution in [2.45, 2.75) is 24.2 Å². The summed E-state index contributed by atoms with van der Waals surface area (Å²) in [5, 5.41) is 9.70. The summed E-state index contributed by atoms with van der Waals surface area (Å²) in [4.78, 5) is 54.9. The summed E-state index contributed by atoms with van der Waals surface area (Å²) in [6.07, 6.45) is 0.408. The minimum Gasteiger partial charge on any atom is -0.505 e. The van der Waals surface area contributed by atoms with Crippen LogP contribution in [-0.2, 0) is 35.8 Å². The Balaban J connectivity index is 1.65. The molecular weight excluding hydrogens is 488 g/mol. The van der Waals surface area contributed by atoms with E-state index in [4.69, 9.17) is 25.3 Å². The summed E-state index contributed by atoms with van der Waals surface area (Å²) in [7, 11) is -5.01. The number of carbonyl (C=O) groups is 3. The van der Waals surface area contributed by atoms with Crippen molar-refractivity contribution in [3.05, 3.63) is 39.5 Å². The topological polar surface area (TPSA) is 195 Å². The zero-order valence-corrected chi connectivity index (χ0v) is 17.7. The van der Waals surface area contributed by atoms with E-state index >= 15 is 0 Å². The number of phenols is 1. The first kappa shape index (κ1) is 22.4. The molecule has 4 rings (SSSR count). The number of carbonyl (C=O) groups excluding carboxylic acids is 3. The van der Waals surface area contributed by atoms with Gasteiger partial charge in [0.05, 0.1) is 11.2 Å². The van der Waals surface area contributed by atoms with Crippen LogP contribution >= 0.6 is 11.6 Å². The maximum atomic E-state index is 12.4. The number of rotatable bonds is 5. The molecular formula is C18H11ClN2O11S. The van der Waals surface area contributed by atoms with E-state index in [2.05, 4.69) is 4.98 Å². The summed E-state index contributed by atoms with van der Waals surface area (Å²) < 4.78 is 42.9. The maximum Gasteiger partial charge on any atom is 0.349 e. The van der Waals surface area contributed by atoms with Crippen LogP contribution in [0.5, 0.6) is 5.75 Å². The lowest BCUT2D eigenvalue weighted by atomic mass is 10.1. The van der Waals surface area contributed by atoms with Gasteiger partial charge in [-0.1, -0.05) is 11.6 Å². The summed E-state index contributed by atoms with van der Waals surface area (Å²) in [5.41, 5.74) is -2.09. The summed E-state index contributed by atoms with van der Waals surface area (Å²) in [6.45, 7) is 0. The molecule has 1 aliphatic rings. The van der Waals surface area contributed by atoms with Crippen molar-refractivity contribution in [2.24, 2.45) is 0 Å². The number of hydrogen-bond donors (Lipinski definition) is 2. The first-order valence-corrected chi connectivity index (χ1v) is 10.8. The number of nitrogens with zero attached hydrogens (tertiary/aromatic N) is 2. The van der Waals surface area contributed by atoms with Gasteiger partial charge in [0.25, 0.3) is 11.8 Å². The molecule has 2 amide bonds. The molecule has 13 nitrogen and oxygen atoms in total. The lowest BCUT2D eigenvalue weighted by Gasteiger charge is -2.11. The quantitative estimate of drug-likeness (QED) is 0.290. The number of oxazole rings is 1. The van der Waals surface area contributed by atoms with Crippen molar-refractivity contribution in [3.63, 3.8) is 0 Å². The van der Waals surface area contributed by atoms with E-state index in [0.717, 1.165) is 18.3 Å². The Morgan fingerprint density at radius 3 is 2.48 bits per heavy atom. The highest BCUT2D eigenvalue weighted by Crippen LogP contribution is 2.38. The van der Waals surface area contributed by atoms with Crippen molar-refractivity contribution in [2.75, 3.05) is 0 Å². The van der Waals surface area contributed by atoms with Gasteiger partial charge in [-0.05, 0) is 12.1 Å². The zero-order valence-electron chi connectivity index (χ0n) is 16.1. The molecule has 0 unspecified atom stereocenters. The van der Waals surface area contributed by atoms with Gasteiger partial charge < -0.3 is 18.8 Å². The van der Waals surface area contributed by atoms with E-state index < -0.39 is 61.2 Å². The van der Waals surface area contributed by atoms with Crippen LogP contribution in [0.1, 0.15) is 18.6 Å². The van der Waals surface area contributed by atoms with Gasteiger partial charge in [-0.2, -0.15) is 8.42 Å². The maximum absolute atomic E-state index is 12.4. The van der Waals surface area contributed by atoms with Gasteiger partial charge in [0.1, 0.15) is 17.7 Å². The van der Waals surface area contributed by atoms with E-state index in [1.807, 2.05) is 0 Å². The lowest BCUT2D eigenvalue weighted by Crippen LogP contribution is -2.32. The smallest absolute Gasteiger partial charge is 0.349 e. The monoisotopic (exact) mass is 498 g/mol. The Morgan fingerprint density at radius 2 is 1.85 bits per heavy atom. The number of amides is 2. The largest absolute Gasteiger partial charge is 0.505 e. The molecule has 0 saturated carbocycles. The minimum absolute atomic E-state index is 0.0720. The number of hydrogen-bond acceptors (Lipinski definition) is 11. The van der Waals surface area contributed by atoms with Crippen molar-refractivity contribution in [3.8, 4) is 17.2 Å². The van der Waals surface area contributed by atoms with Crippen LogP contribution in [0, 0.1) is 0 Å². The van der Waals surface area contributed by atoms with Gasteiger partial charge in [0.15, 0.2) is 16.2 Å². The molecule has 33 heavy (non-hydrogen) atoms. The Morgan fingerprint density at radius 1 is 1.18 bits per heavy atom. The fourth-order valence-corrected chi connectivity index (χ4v) is 4.04. The molecule has 15 heteroatoms. The van der Waals surface area contributed by atoms with Crippen LogP contribution in [-0.4, -0.2) is 45.9 Å². The van der Waals surface area contributed by atoms with Crippen molar-refractivity contribution < 1.29 is 46.1 Å². The van der Waals surface area contributed by atoms with Crippen molar-refractivity contribution in [1.82, 2.24) is 10.0 Å². The van der Waals surface area contributed by atoms with E-state index in [0.29, 0.717) is 5.06 Å². The molecule has 172 valence electrons. The minimum atomic E-state index is -5.01. The SMILES string of the molecule is O=C(Cc1cnc(-c2cc3cc(Cl)c(O)c(S(=O)(=O)O)c3oc2=O)o1)ON1C(=O)CCC1=O. The molecule has 2 aromatic heterocycles. The predicted octanol–water partition coefficient (Wildman–Crippen LogP) is 1.20. The third-order valence-electron chi connectivity index (χ3n) is 4.47. The Kier molecular flexibility index (Phi) is 5.43. The molecule has 1 aliphatic heterocycles. The molecule has 1 aromatic carbocycles. The molecule has 3 aromatic rings. The summed E-state index contributed by atoms with van der Waals surface area (Å²) in [6, 6.07) is 2.18. The molecule has 2 N–H and O–H groups in total. The second-order valence-corrected chi connectivity index (χ2v) is 8.50. The molecule has 1 fully saturated rings. The third-order valence-corrected chi connectivity index (χ3v) is 5.65. The molecule has 0 radical (unpaired) electrons. The lowest BCUT2D eigenvalue weighted by molar-refractivity contribution is -0.197. The van der Waals surface area contributed by atoms with Gasteiger partial charge in [-0.3, -0.25) is 14.1 Å². The van der Waals surface area contributed by atoms with Gasteiger partial charge in [-0.15, -0.1) is 5.06 Å². The van der Waals surface area contributed by atoms with E-state index in [-0.39, 0.29) is 35.4 Å². The average Bonchev–Trinajstić information content (AvgIpc) is 3.29. The molecule has 0 bridgehead atoms. The number of benzene rings is 1. The number of halogens is 1. The molecule has 0 spiro atoms. The fraction of sp³-hybridized carbons (Fsp3) is 0.167. The van der Waals surface area contributed by atoms with Crippen LogP contribution < -0.4 is 5.63 Å². The van der Waals surface area contributed by atoms with Crippen LogP contribution in [0.3, 0.4) is 0 Å². The number of aromatic hydroxyl groups is 1. The standard InChI is InChI=1S/C18H11ClN2O11S/c19-10-4-7-3-9(18(26)31-15(7)16(14(10)25)33(27,28)29)17-20-6-8(30-17)5-13(24)32-21-11(22)1-2-12(21)23/h3-4,6,25H,1-2,5H2,(H,27,28,29). The highest BCUT2D eigenvalue weighted by molar-refractivity contribution is 7.86. The van der Waals surface area contributed by atoms with E-state index in [9.17, 15) is 37.3 Å². The van der Waals surface area contributed by atoms with Crippen molar-refractivity contribution >= 4 is 50.5 Å². The Bertz CT molecular complexity index is 1490. The van der Waals surface area contributed by atoms with Crippen LogP contribution in [0.15, 0.2) is 36.9 Å². The Hall–Kier alpha value is -3.75. The van der Waals surface area contributed by atoms with Gasteiger partial charge >= 0.3 is 21.7 Å². The van der Waals surface area contributed by atoms with Gasteiger partial charge in [0.2, 0.25) is 5.89 Å². The fourth-order valence-electron chi connectivity index (χ4n) is 3.03. The highest BCUT2D eigenvalue weighted by atomic mass is 35.5. The number of phenolic OH excluding ortho intramolecular Hbond substituents is 1. The van der Waals surface area contributed by atoms with Crippen LogP contribution in [0.25, 0.3) is 22.4 Å². The van der Waals surface area contributed by atoms with Gasteiger partial charge in [-0.25, -0.2) is 14.6 Å². The zero-order chi connectivity index (χ0) is 24.1. The van der Waals surface area contributed by atoms with E-state index in [1.165, 1.54) is 0 Å². The number of fused-ring (bicyclic) bond motifs is 1. The number of hydroxylamine groups is 2.